The molecule has 0 radical (unpaired) electrons. The number of pyridine rings is 1. The van der Waals surface area contributed by atoms with Gasteiger partial charge in [0, 0.05) is 19.8 Å². The van der Waals surface area contributed by atoms with Gasteiger partial charge in [0.05, 0.1) is 6.04 Å². The number of aromatic nitrogens is 1. The predicted octanol–water partition coefficient (Wildman–Crippen LogP) is 3.72. The van der Waals surface area contributed by atoms with Crippen LogP contribution in [-0.2, 0) is 10.4 Å². The maximum absolute atomic E-state index is 13.9. The number of hydrogen-bond acceptors (Lipinski definition) is 4. The molecule has 0 bridgehead atoms. The molecule has 0 aliphatic carbocycles. The second kappa shape index (κ2) is 8.05. The first-order valence-electron chi connectivity index (χ1n) is 9.93. The third-order valence-corrected chi connectivity index (χ3v) is 5.63. The molecule has 1 saturated heterocycles. The number of likely N-dealkylation sites (tertiary alicyclic amines) is 1. The summed E-state index contributed by atoms with van der Waals surface area (Å²) in [6, 6.07) is 22.2. The van der Waals surface area contributed by atoms with E-state index >= 15 is 0 Å². The zero-order chi connectivity index (χ0) is 20.3. The summed E-state index contributed by atoms with van der Waals surface area (Å²) in [6.45, 7) is 0.614. The highest BCUT2D eigenvalue weighted by molar-refractivity contribution is 5.90. The van der Waals surface area contributed by atoms with Gasteiger partial charge >= 0.3 is 0 Å². The van der Waals surface area contributed by atoms with E-state index in [1.807, 2.05) is 84.7 Å². The molecular formula is C24H25N3O2. The number of amides is 1. The number of hydrogen-bond donors (Lipinski definition) is 2. The monoisotopic (exact) mass is 387 g/mol. The summed E-state index contributed by atoms with van der Waals surface area (Å²) in [7, 11) is 1.83. The highest BCUT2D eigenvalue weighted by atomic mass is 16.3. The molecule has 4 rings (SSSR count). The lowest BCUT2D eigenvalue weighted by atomic mass is 9.84. The van der Waals surface area contributed by atoms with Crippen molar-refractivity contribution < 1.29 is 9.90 Å². The van der Waals surface area contributed by atoms with E-state index in [-0.39, 0.29) is 11.9 Å². The van der Waals surface area contributed by atoms with Crippen LogP contribution in [0.1, 0.15) is 35.6 Å². The molecule has 148 valence electrons. The molecule has 0 unspecified atom stereocenters. The Balaban J connectivity index is 1.76. The smallest absolute Gasteiger partial charge is 0.264 e. The Bertz CT molecular complexity index is 936. The molecule has 1 aliphatic rings. The van der Waals surface area contributed by atoms with Crippen molar-refractivity contribution in [2.75, 3.05) is 18.9 Å². The second-order valence-electron chi connectivity index (χ2n) is 7.32. The van der Waals surface area contributed by atoms with Gasteiger partial charge in [-0.05, 0) is 41.7 Å². The van der Waals surface area contributed by atoms with Crippen molar-refractivity contribution in [3.05, 3.63) is 95.7 Å². The van der Waals surface area contributed by atoms with Crippen molar-refractivity contribution >= 4 is 11.7 Å². The highest BCUT2D eigenvalue weighted by Gasteiger charge is 2.45. The average molecular weight is 387 g/mol. The van der Waals surface area contributed by atoms with Gasteiger partial charge in [0.1, 0.15) is 5.82 Å². The standard InChI is InChI=1S/C24H25N3O2/c1-25-22-17-18(14-15-26-22)21-13-8-16-27(21)23(28)24(29,19-9-4-2-5-10-19)20-11-6-3-7-12-20/h2-7,9-12,14-15,17,21,29H,8,13,16H2,1H3,(H,25,26)/t21-/m0/s1. The maximum Gasteiger partial charge on any atom is 0.264 e. The van der Waals surface area contributed by atoms with Crippen LogP contribution in [0.5, 0.6) is 0 Å². The third kappa shape index (κ3) is 3.49. The van der Waals surface area contributed by atoms with Gasteiger partial charge in [-0.25, -0.2) is 4.98 Å². The normalized spacial score (nSPS) is 16.6. The average Bonchev–Trinajstić information content (AvgIpc) is 3.29. The first-order chi connectivity index (χ1) is 14.1. The summed E-state index contributed by atoms with van der Waals surface area (Å²) in [6.07, 6.45) is 3.51. The number of nitrogens with zero attached hydrogens (tertiary/aromatic N) is 2. The molecular weight excluding hydrogens is 362 g/mol. The van der Waals surface area contributed by atoms with Gasteiger partial charge in [0.15, 0.2) is 5.60 Å². The lowest BCUT2D eigenvalue weighted by Crippen LogP contribution is -2.47. The lowest BCUT2D eigenvalue weighted by molar-refractivity contribution is -0.149. The van der Waals surface area contributed by atoms with Crippen LogP contribution in [0.15, 0.2) is 79.0 Å². The molecule has 1 aromatic heterocycles. The van der Waals surface area contributed by atoms with Gasteiger partial charge in [0.2, 0.25) is 0 Å². The van der Waals surface area contributed by atoms with Crippen LogP contribution in [0.4, 0.5) is 5.82 Å². The van der Waals surface area contributed by atoms with Crippen molar-refractivity contribution in [3.8, 4) is 0 Å². The van der Waals surface area contributed by atoms with Crippen LogP contribution in [-0.4, -0.2) is 34.5 Å². The largest absolute Gasteiger partial charge is 0.373 e. The van der Waals surface area contributed by atoms with Gasteiger partial charge in [-0.2, -0.15) is 0 Å². The fourth-order valence-electron chi connectivity index (χ4n) is 4.13. The van der Waals surface area contributed by atoms with E-state index in [4.69, 9.17) is 0 Å². The Morgan fingerprint density at radius 2 is 1.69 bits per heavy atom. The molecule has 2 aromatic carbocycles. The summed E-state index contributed by atoms with van der Waals surface area (Å²) in [5.74, 6) is 0.475. The van der Waals surface area contributed by atoms with E-state index in [2.05, 4.69) is 10.3 Å². The fourth-order valence-corrected chi connectivity index (χ4v) is 4.13. The molecule has 2 heterocycles. The van der Waals surface area contributed by atoms with Crippen molar-refractivity contribution in [2.45, 2.75) is 24.5 Å². The fraction of sp³-hybridized carbons (Fsp3) is 0.250. The topological polar surface area (TPSA) is 65.5 Å². The van der Waals surface area contributed by atoms with Gasteiger partial charge in [-0.3, -0.25) is 4.79 Å². The summed E-state index contributed by atoms with van der Waals surface area (Å²) in [5, 5.41) is 14.9. The Labute approximate surface area is 171 Å². The zero-order valence-corrected chi connectivity index (χ0v) is 16.5. The Kier molecular flexibility index (Phi) is 5.32. The second-order valence-corrected chi connectivity index (χ2v) is 7.32. The van der Waals surface area contributed by atoms with Crippen molar-refractivity contribution in [1.29, 1.82) is 0 Å². The Morgan fingerprint density at radius 1 is 1.07 bits per heavy atom. The predicted molar refractivity (Wildman–Crippen MR) is 113 cm³/mol. The molecule has 0 saturated carbocycles. The van der Waals surface area contributed by atoms with Gasteiger partial charge in [-0.1, -0.05) is 60.7 Å². The maximum atomic E-state index is 13.9. The van der Waals surface area contributed by atoms with E-state index in [1.54, 1.807) is 6.20 Å². The van der Waals surface area contributed by atoms with E-state index in [1.165, 1.54) is 0 Å². The van der Waals surface area contributed by atoms with Crippen LogP contribution >= 0.6 is 0 Å². The molecule has 5 heteroatoms. The number of nitrogens with one attached hydrogen (secondary N) is 1. The van der Waals surface area contributed by atoms with Gasteiger partial charge in [-0.15, -0.1) is 0 Å². The quantitative estimate of drug-likeness (QED) is 0.700. The number of aliphatic hydroxyl groups is 1. The van der Waals surface area contributed by atoms with E-state index < -0.39 is 5.60 Å². The van der Waals surface area contributed by atoms with E-state index in [0.29, 0.717) is 17.7 Å². The number of carbonyl (C=O) groups is 1. The first-order valence-corrected chi connectivity index (χ1v) is 9.93. The molecule has 1 atom stereocenters. The van der Waals surface area contributed by atoms with Crippen LogP contribution < -0.4 is 5.32 Å². The molecule has 0 spiro atoms. The highest BCUT2D eigenvalue weighted by Crippen LogP contribution is 2.39. The molecule has 1 fully saturated rings. The van der Waals surface area contributed by atoms with Crippen molar-refractivity contribution in [2.24, 2.45) is 0 Å². The van der Waals surface area contributed by atoms with E-state index in [0.717, 1.165) is 24.2 Å². The van der Waals surface area contributed by atoms with Crippen LogP contribution in [0.25, 0.3) is 0 Å². The van der Waals surface area contributed by atoms with Gasteiger partial charge in [0.25, 0.3) is 5.91 Å². The van der Waals surface area contributed by atoms with Crippen molar-refractivity contribution in [3.63, 3.8) is 0 Å². The molecule has 1 aliphatic heterocycles. The SMILES string of the molecule is CNc1cc([C@@H]2CCCN2C(=O)C(O)(c2ccccc2)c2ccccc2)ccn1. The molecule has 2 N–H and O–H groups in total. The van der Waals surface area contributed by atoms with Gasteiger partial charge < -0.3 is 15.3 Å². The number of anilines is 1. The molecule has 29 heavy (non-hydrogen) atoms. The minimum atomic E-state index is -1.73. The number of carbonyl (C=O) groups excluding carboxylic acids is 1. The number of rotatable bonds is 5. The third-order valence-electron chi connectivity index (χ3n) is 5.63. The minimum absolute atomic E-state index is 0.0865. The molecule has 1 amide bonds. The molecule has 3 aromatic rings. The Hall–Kier alpha value is -3.18. The van der Waals surface area contributed by atoms with E-state index in [9.17, 15) is 9.90 Å². The summed E-state index contributed by atoms with van der Waals surface area (Å²) >= 11 is 0. The Morgan fingerprint density at radius 3 is 2.28 bits per heavy atom. The summed E-state index contributed by atoms with van der Waals surface area (Å²) in [4.78, 5) is 19.9. The van der Waals surface area contributed by atoms with Crippen molar-refractivity contribution in [1.82, 2.24) is 9.88 Å². The van der Waals surface area contributed by atoms with Crippen LogP contribution in [0, 0.1) is 0 Å². The summed E-state index contributed by atoms with van der Waals surface area (Å²) < 4.78 is 0. The lowest BCUT2D eigenvalue weighted by Gasteiger charge is -2.35. The van der Waals surface area contributed by atoms with Crippen LogP contribution in [0.3, 0.4) is 0 Å². The zero-order valence-electron chi connectivity index (χ0n) is 16.5. The first kappa shape index (κ1) is 19.2. The van der Waals surface area contributed by atoms with Crippen LogP contribution in [0.2, 0.25) is 0 Å². The molecule has 5 nitrogen and oxygen atoms in total. The number of benzene rings is 2. The summed E-state index contributed by atoms with van der Waals surface area (Å²) in [5.41, 5.74) is 0.447. The minimum Gasteiger partial charge on any atom is -0.373 e.